The van der Waals surface area contributed by atoms with Gasteiger partial charge in [0, 0.05) is 0 Å². The molecule has 1 aromatic rings. The van der Waals surface area contributed by atoms with E-state index in [4.69, 9.17) is 5.11 Å². The molecule has 4 heteroatoms. The lowest BCUT2D eigenvalue weighted by atomic mass is 10.5. The van der Waals surface area contributed by atoms with E-state index in [2.05, 4.69) is 34.4 Å². The van der Waals surface area contributed by atoms with Gasteiger partial charge in [0.1, 0.15) is 0 Å². The van der Waals surface area contributed by atoms with Crippen molar-refractivity contribution in [2.24, 2.45) is 0 Å². The van der Waals surface area contributed by atoms with E-state index in [0.717, 1.165) is 0 Å². The largest absolute Gasteiger partial charge is 0.505 e. The molecule has 0 fully saturated rings. The highest BCUT2D eigenvalue weighted by Crippen LogP contribution is 2.00. The summed E-state index contributed by atoms with van der Waals surface area (Å²) in [5, 5.41) is 8.79. The summed E-state index contributed by atoms with van der Waals surface area (Å²) in [6.07, 6.45) is 2.60. The Labute approximate surface area is 69.9 Å². The fourth-order valence-electron chi connectivity index (χ4n) is 0.504. The topological polar surface area (TPSA) is 46.0 Å². The Balaban J connectivity index is 2.82. The molecule has 0 unspecified atom stereocenters. The molecule has 0 spiro atoms. The van der Waals surface area contributed by atoms with E-state index in [1.807, 2.05) is 0 Å². The van der Waals surface area contributed by atoms with Crippen LogP contribution < -0.4 is 0 Å². The molecule has 0 atom stereocenters. The summed E-state index contributed by atoms with van der Waals surface area (Å²) in [7, 11) is 0. The number of rotatable bonds is 0. The number of thiol groups is 1. The summed E-state index contributed by atoms with van der Waals surface area (Å²) in [6, 6.07) is 0. The van der Waals surface area contributed by atoms with Crippen LogP contribution in [-0.2, 0) is 0 Å². The molecule has 0 amide bonds. The first kappa shape index (κ1) is 7.89. The minimum atomic E-state index is 0.0430. The lowest BCUT2D eigenvalue weighted by molar-refractivity contribution is 0.469. The number of hydrogen-bond acceptors (Lipinski definition) is 4. The Kier molecular flexibility index (Phi) is 2.75. The monoisotopic (exact) mass is 166 g/mol. The Morgan fingerprint density at radius 3 is 2.64 bits per heavy atom. The van der Waals surface area contributed by atoms with Crippen molar-refractivity contribution < 1.29 is 5.11 Å². The van der Waals surface area contributed by atoms with E-state index in [0.29, 0.717) is 11.6 Å². The normalized spacial score (nSPS) is 8.45. The van der Waals surface area contributed by atoms with E-state index in [-0.39, 0.29) is 5.75 Å². The zero-order valence-electron chi connectivity index (χ0n) is 5.65. The molecule has 0 aliphatic carbocycles. The predicted octanol–water partition coefficient (Wildman–Crippen LogP) is 0.463. The van der Waals surface area contributed by atoms with E-state index in [1.54, 1.807) is 0 Å². The average molecular weight is 166 g/mol. The standard InChI is InChI=1S/C7H6N2OS/c10-6-4-8-7(9-5-6)2-1-3-11/h4-5,10-11H,3H2. The molecule has 56 valence electrons. The summed E-state index contributed by atoms with van der Waals surface area (Å²) in [6.45, 7) is 0. The molecule has 3 nitrogen and oxygen atoms in total. The first-order valence-electron chi connectivity index (χ1n) is 2.93. The van der Waals surface area contributed by atoms with Gasteiger partial charge in [-0.1, -0.05) is 5.92 Å². The summed E-state index contributed by atoms with van der Waals surface area (Å²) < 4.78 is 0. The lowest BCUT2D eigenvalue weighted by Crippen LogP contribution is -1.85. The minimum Gasteiger partial charge on any atom is -0.505 e. The van der Waals surface area contributed by atoms with E-state index >= 15 is 0 Å². The zero-order chi connectivity index (χ0) is 8.10. The van der Waals surface area contributed by atoms with Gasteiger partial charge in [0.2, 0.25) is 5.82 Å². The summed E-state index contributed by atoms with van der Waals surface area (Å²) >= 11 is 3.89. The second kappa shape index (κ2) is 3.84. The van der Waals surface area contributed by atoms with Crippen LogP contribution in [0, 0.1) is 11.8 Å². The number of nitrogens with zero attached hydrogens (tertiary/aromatic N) is 2. The Bertz CT molecular complexity index is 286. The molecule has 0 saturated carbocycles. The summed E-state index contributed by atoms with van der Waals surface area (Å²) in [4.78, 5) is 7.49. The Morgan fingerprint density at radius 2 is 2.09 bits per heavy atom. The van der Waals surface area contributed by atoms with Crippen LogP contribution in [0.3, 0.4) is 0 Å². The van der Waals surface area contributed by atoms with Gasteiger partial charge in [-0.25, -0.2) is 9.97 Å². The smallest absolute Gasteiger partial charge is 0.205 e. The number of aromatic nitrogens is 2. The van der Waals surface area contributed by atoms with Gasteiger partial charge in [-0.05, 0) is 5.92 Å². The van der Waals surface area contributed by atoms with Crippen molar-refractivity contribution >= 4 is 12.6 Å². The fraction of sp³-hybridized carbons (Fsp3) is 0.143. The van der Waals surface area contributed by atoms with Crippen molar-refractivity contribution in [3.8, 4) is 17.6 Å². The van der Waals surface area contributed by atoms with E-state index < -0.39 is 0 Å². The van der Waals surface area contributed by atoms with E-state index in [9.17, 15) is 0 Å². The van der Waals surface area contributed by atoms with Crippen LogP contribution in [0.25, 0.3) is 0 Å². The maximum Gasteiger partial charge on any atom is 0.205 e. The van der Waals surface area contributed by atoms with Gasteiger partial charge >= 0.3 is 0 Å². The van der Waals surface area contributed by atoms with Crippen LogP contribution in [0.2, 0.25) is 0 Å². The molecular weight excluding hydrogens is 160 g/mol. The summed E-state index contributed by atoms with van der Waals surface area (Å²) in [5.41, 5.74) is 0. The van der Waals surface area contributed by atoms with Gasteiger partial charge in [0.05, 0.1) is 18.1 Å². The van der Waals surface area contributed by atoms with Crippen LogP contribution in [-0.4, -0.2) is 20.8 Å². The molecule has 0 radical (unpaired) electrons. The molecule has 0 bridgehead atoms. The maximum absolute atomic E-state index is 8.79. The molecule has 0 aromatic carbocycles. The van der Waals surface area contributed by atoms with Gasteiger partial charge in [0.15, 0.2) is 5.75 Å². The maximum atomic E-state index is 8.79. The zero-order valence-corrected chi connectivity index (χ0v) is 6.55. The third-order valence-electron chi connectivity index (χ3n) is 0.917. The predicted molar refractivity (Wildman–Crippen MR) is 44.4 cm³/mol. The second-order valence-corrected chi connectivity index (χ2v) is 2.04. The van der Waals surface area contributed by atoms with Crippen LogP contribution in [0.4, 0.5) is 0 Å². The second-order valence-electron chi connectivity index (χ2n) is 1.72. The first-order valence-corrected chi connectivity index (χ1v) is 3.57. The number of hydrogen-bond donors (Lipinski definition) is 2. The SMILES string of the molecule is Oc1cnc(C#CCS)nc1. The molecule has 0 saturated heterocycles. The van der Waals surface area contributed by atoms with Crippen molar-refractivity contribution in [1.29, 1.82) is 0 Å². The van der Waals surface area contributed by atoms with Crippen molar-refractivity contribution in [2.45, 2.75) is 0 Å². The van der Waals surface area contributed by atoms with Gasteiger partial charge in [-0.2, -0.15) is 12.6 Å². The third kappa shape index (κ3) is 2.48. The highest BCUT2D eigenvalue weighted by molar-refractivity contribution is 7.80. The van der Waals surface area contributed by atoms with Crippen LogP contribution in [0.15, 0.2) is 12.4 Å². The highest BCUT2D eigenvalue weighted by Gasteiger charge is 1.88. The van der Waals surface area contributed by atoms with Crippen molar-refractivity contribution in [3.05, 3.63) is 18.2 Å². The quantitative estimate of drug-likeness (QED) is 0.435. The molecule has 1 aromatic heterocycles. The van der Waals surface area contributed by atoms with Crippen LogP contribution >= 0.6 is 12.6 Å². The van der Waals surface area contributed by atoms with Crippen molar-refractivity contribution in [1.82, 2.24) is 9.97 Å². The third-order valence-corrected chi connectivity index (χ3v) is 1.08. The van der Waals surface area contributed by atoms with Gasteiger partial charge in [-0.3, -0.25) is 0 Å². The molecule has 0 aliphatic heterocycles. The van der Waals surface area contributed by atoms with E-state index in [1.165, 1.54) is 12.4 Å². The van der Waals surface area contributed by atoms with Crippen LogP contribution in [0.1, 0.15) is 5.82 Å². The molecule has 1 heterocycles. The van der Waals surface area contributed by atoms with Crippen molar-refractivity contribution in [2.75, 3.05) is 5.75 Å². The molecule has 0 aliphatic rings. The molecule has 11 heavy (non-hydrogen) atoms. The average Bonchev–Trinajstić information content (AvgIpc) is 2.04. The van der Waals surface area contributed by atoms with Gasteiger partial charge in [0.25, 0.3) is 0 Å². The fourth-order valence-corrected chi connectivity index (χ4v) is 0.583. The van der Waals surface area contributed by atoms with Gasteiger partial charge in [-0.15, -0.1) is 0 Å². The Hall–Kier alpha value is -1.21. The molecular formula is C7H6N2OS. The molecule has 1 N–H and O–H groups in total. The van der Waals surface area contributed by atoms with Crippen LogP contribution in [0.5, 0.6) is 5.75 Å². The first-order chi connectivity index (χ1) is 5.33. The summed E-state index contributed by atoms with van der Waals surface area (Å²) in [5.74, 6) is 6.27. The van der Waals surface area contributed by atoms with Gasteiger partial charge < -0.3 is 5.11 Å². The Morgan fingerprint density at radius 1 is 1.45 bits per heavy atom. The highest BCUT2D eigenvalue weighted by atomic mass is 32.1. The minimum absolute atomic E-state index is 0.0430. The number of aromatic hydroxyl groups is 1. The molecule has 1 rings (SSSR count). The lowest BCUT2D eigenvalue weighted by Gasteiger charge is -1.88. The van der Waals surface area contributed by atoms with Crippen molar-refractivity contribution in [3.63, 3.8) is 0 Å².